The lowest BCUT2D eigenvalue weighted by atomic mass is 9.79. The number of ether oxygens (including phenoxy) is 1. The van der Waals surface area contributed by atoms with Crippen LogP contribution in [0.25, 0.3) is 10.8 Å². The first-order valence-corrected chi connectivity index (χ1v) is 8.86. The van der Waals surface area contributed by atoms with E-state index in [1.807, 2.05) is 0 Å². The summed E-state index contributed by atoms with van der Waals surface area (Å²) >= 11 is 0. The molecule has 1 aliphatic rings. The van der Waals surface area contributed by atoms with Gasteiger partial charge in [0.2, 0.25) is 0 Å². The Morgan fingerprint density at radius 3 is 2.48 bits per heavy atom. The van der Waals surface area contributed by atoms with Gasteiger partial charge < -0.3 is 4.74 Å². The normalized spacial score (nSPS) is 17.0. The highest BCUT2D eigenvalue weighted by Crippen LogP contribution is 2.38. The molecule has 0 amide bonds. The quantitative estimate of drug-likeness (QED) is 0.468. The van der Waals surface area contributed by atoms with Crippen LogP contribution in [0.15, 0.2) is 48.5 Å². The van der Waals surface area contributed by atoms with Gasteiger partial charge in [-0.25, -0.2) is 4.39 Å². The molecule has 0 aliphatic heterocycles. The summed E-state index contributed by atoms with van der Waals surface area (Å²) in [7, 11) is 0. The molecule has 4 rings (SSSR count). The van der Waals surface area contributed by atoms with Crippen LogP contribution in [0.5, 0.6) is 5.75 Å². The smallest absolute Gasteiger partial charge is 0.403 e. The van der Waals surface area contributed by atoms with Crippen LogP contribution in [0.4, 0.5) is 17.6 Å². The van der Waals surface area contributed by atoms with Crippen LogP contribution in [0, 0.1) is 12.7 Å². The van der Waals surface area contributed by atoms with Crippen molar-refractivity contribution in [2.24, 2.45) is 0 Å². The number of hydrogen-bond donors (Lipinski definition) is 0. The van der Waals surface area contributed by atoms with E-state index in [4.69, 9.17) is 0 Å². The summed E-state index contributed by atoms with van der Waals surface area (Å²) in [5, 5.41) is 2.33. The summed E-state index contributed by atoms with van der Waals surface area (Å²) in [6, 6.07) is 15.3. The molecule has 27 heavy (non-hydrogen) atoms. The zero-order chi connectivity index (χ0) is 19.2. The van der Waals surface area contributed by atoms with E-state index in [0.29, 0.717) is 24.8 Å². The standard InChI is InChI=1S/C22H18F4O/c1-13-2-3-15-11-16(5-4-14(15)10-13)17-6-8-19-18(12-17)7-9-20(21(19)23)27-22(24,25)26/h2-5,7,9-11,17H,6,8,12H2,1H3. The van der Waals surface area contributed by atoms with Gasteiger partial charge in [-0.2, -0.15) is 0 Å². The Bertz CT molecular complexity index is 1010. The van der Waals surface area contributed by atoms with E-state index in [-0.39, 0.29) is 5.92 Å². The predicted molar refractivity (Wildman–Crippen MR) is 96.5 cm³/mol. The van der Waals surface area contributed by atoms with E-state index >= 15 is 0 Å². The molecule has 3 aromatic rings. The third kappa shape index (κ3) is 3.64. The van der Waals surface area contributed by atoms with Crippen molar-refractivity contribution in [3.63, 3.8) is 0 Å². The van der Waals surface area contributed by atoms with Crippen LogP contribution in [-0.4, -0.2) is 6.36 Å². The summed E-state index contributed by atoms with van der Waals surface area (Å²) in [5.41, 5.74) is 3.47. The van der Waals surface area contributed by atoms with Gasteiger partial charge in [0.1, 0.15) is 0 Å². The van der Waals surface area contributed by atoms with Gasteiger partial charge in [-0.3, -0.25) is 0 Å². The number of hydrogen-bond acceptors (Lipinski definition) is 1. The number of halogens is 4. The third-order valence-electron chi connectivity index (χ3n) is 5.23. The summed E-state index contributed by atoms with van der Waals surface area (Å²) in [6.07, 6.45) is -3.20. The minimum atomic E-state index is -4.89. The Kier molecular flexibility index (Phi) is 4.33. The number of fused-ring (bicyclic) bond motifs is 2. The molecule has 0 saturated carbocycles. The first kappa shape index (κ1) is 17.8. The first-order valence-electron chi connectivity index (χ1n) is 8.86. The van der Waals surface area contributed by atoms with Crippen molar-refractivity contribution in [1.82, 2.24) is 0 Å². The van der Waals surface area contributed by atoms with E-state index in [9.17, 15) is 17.6 Å². The molecule has 0 aromatic heterocycles. The average Bonchev–Trinajstić information content (AvgIpc) is 2.62. The van der Waals surface area contributed by atoms with E-state index < -0.39 is 17.9 Å². The highest BCUT2D eigenvalue weighted by atomic mass is 19.4. The fourth-order valence-corrected chi connectivity index (χ4v) is 3.91. The molecule has 0 fully saturated rings. The lowest BCUT2D eigenvalue weighted by molar-refractivity contribution is -0.275. The highest BCUT2D eigenvalue weighted by molar-refractivity contribution is 5.84. The number of alkyl halides is 3. The molecule has 0 radical (unpaired) electrons. The van der Waals surface area contributed by atoms with Crippen molar-refractivity contribution in [3.8, 4) is 5.75 Å². The van der Waals surface area contributed by atoms with Crippen molar-refractivity contribution in [1.29, 1.82) is 0 Å². The van der Waals surface area contributed by atoms with E-state index in [1.165, 1.54) is 16.5 Å². The van der Waals surface area contributed by atoms with Gasteiger partial charge in [0, 0.05) is 0 Å². The van der Waals surface area contributed by atoms with Crippen LogP contribution in [0.2, 0.25) is 0 Å². The molecular formula is C22H18F4O. The molecule has 1 atom stereocenters. The Balaban J connectivity index is 1.62. The zero-order valence-corrected chi connectivity index (χ0v) is 14.7. The summed E-state index contributed by atoms with van der Waals surface area (Å²) in [5.74, 6) is -1.42. The van der Waals surface area contributed by atoms with Crippen molar-refractivity contribution in [3.05, 3.63) is 76.6 Å². The van der Waals surface area contributed by atoms with Gasteiger partial charge >= 0.3 is 6.36 Å². The molecule has 140 valence electrons. The lowest BCUT2D eigenvalue weighted by Gasteiger charge is -2.26. The minimum absolute atomic E-state index is 0.219. The Morgan fingerprint density at radius 1 is 0.963 bits per heavy atom. The average molecular weight is 374 g/mol. The Labute approximate surface area is 154 Å². The summed E-state index contributed by atoms with van der Waals surface area (Å²) in [4.78, 5) is 0. The highest BCUT2D eigenvalue weighted by Gasteiger charge is 2.34. The van der Waals surface area contributed by atoms with Crippen molar-refractivity contribution >= 4 is 10.8 Å². The minimum Gasteiger partial charge on any atom is -0.403 e. The SMILES string of the molecule is Cc1ccc2cc(C3CCc4c(ccc(OC(F)(F)F)c4F)C3)ccc2c1. The summed E-state index contributed by atoms with van der Waals surface area (Å²) < 4.78 is 55.4. The lowest BCUT2D eigenvalue weighted by Crippen LogP contribution is -2.20. The second-order valence-electron chi connectivity index (χ2n) is 7.11. The molecule has 1 nitrogen and oxygen atoms in total. The molecule has 5 heteroatoms. The Morgan fingerprint density at radius 2 is 1.70 bits per heavy atom. The van der Waals surface area contributed by atoms with Gasteiger partial charge in [-0.15, -0.1) is 13.2 Å². The second-order valence-corrected chi connectivity index (χ2v) is 7.11. The van der Waals surface area contributed by atoms with Crippen LogP contribution in [0.1, 0.15) is 34.6 Å². The molecule has 1 unspecified atom stereocenters. The van der Waals surface area contributed by atoms with Crippen LogP contribution in [0.3, 0.4) is 0 Å². The molecular weight excluding hydrogens is 356 g/mol. The molecule has 1 aliphatic carbocycles. The molecule has 0 heterocycles. The molecule has 3 aromatic carbocycles. The van der Waals surface area contributed by atoms with Crippen molar-refractivity contribution in [2.75, 3.05) is 0 Å². The number of benzene rings is 3. The maximum atomic E-state index is 14.4. The van der Waals surface area contributed by atoms with Gasteiger partial charge in [0.25, 0.3) is 0 Å². The van der Waals surface area contributed by atoms with Gasteiger partial charge in [-0.05, 0) is 65.6 Å². The maximum Gasteiger partial charge on any atom is 0.573 e. The Hall–Kier alpha value is -2.56. The van der Waals surface area contributed by atoms with Gasteiger partial charge in [0.15, 0.2) is 11.6 Å². The van der Waals surface area contributed by atoms with Crippen LogP contribution >= 0.6 is 0 Å². The number of aryl methyl sites for hydroxylation is 1. The van der Waals surface area contributed by atoms with Crippen molar-refractivity contribution < 1.29 is 22.3 Å². The third-order valence-corrected chi connectivity index (χ3v) is 5.23. The molecule has 0 saturated heterocycles. The largest absolute Gasteiger partial charge is 0.573 e. The van der Waals surface area contributed by atoms with E-state index in [1.54, 1.807) is 6.07 Å². The molecule has 0 spiro atoms. The maximum absolute atomic E-state index is 14.4. The van der Waals surface area contributed by atoms with E-state index in [0.717, 1.165) is 17.0 Å². The predicted octanol–water partition coefficient (Wildman–Crippen LogP) is 6.46. The monoisotopic (exact) mass is 374 g/mol. The van der Waals surface area contributed by atoms with Crippen LogP contribution < -0.4 is 4.74 Å². The molecule has 0 bridgehead atoms. The van der Waals surface area contributed by atoms with Crippen molar-refractivity contribution in [2.45, 2.75) is 38.5 Å². The fraction of sp³-hybridized carbons (Fsp3) is 0.273. The number of rotatable bonds is 2. The van der Waals surface area contributed by atoms with Gasteiger partial charge in [-0.1, -0.05) is 48.0 Å². The van der Waals surface area contributed by atoms with Crippen LogP contribution in [-0.2, 0) is 12.8 Å². The second kappa shape index (κ2) is 6.55. The first-order chi connectivity index (χ1) is 12.8. The van der Waals surface area contributed by atoms with Gasteiger partial charge in [0.05, 0.1) is 0 Å². The fourth-order valence-electron chi connectivity index (χ4n) is 3.91. The van der Waals surface area contributed by atoms with E-state index in [2.05, 4.69) is 48.1 Å². The topological polar surface area (TPSA) is 9.23 Å². The molecule has 0 N–H and O–H groups in total. The zero-order valence-electron chi connectivity index (χ0n) is 14.7. The summed E-state index contributed by atoms with van der Waals surface area (Å²) in [6.45, 7) is 2.05.